The second-order valence-electron chi connectivity index (χ2n) is 22.1. The van der Waals surface area contributed by atoms with Crippen molar-refractivity contribution in [3.63, 3.8) is 0 Å². The summed E-state index contributed by atoms with van der Waals surface area (Å²) in [5.74, 6) is -5.51. The van der Waals surface area contributed by atoms with Crippen molar-refractivity contribution in [2.75, 3.05) is 32.7 Å². The number of hydrogen-bond donors (Lipinski definition) is 7. The molecule has 2 fully saturated rings. The number of carbonyl (C=O) groups is 7. The number of aliphatic hydroxyl groups excluding tert-OH is 1. The molecule has 2 saturated heterocycles. The van der Waals surface area contributed by atoms with Crippen LogP contribution < -0.4 is 27.4 Å². The van der Waals surface area contributed by atoms with E-state index < -0.39 is 83.6 Å². The number of benzene rings is 2. The first kappa shape index (κ1) is 62.6. The van der Waals surface area contributed by atoms with Crippen LogP contribution in [-0.2, 0) is 20.7 Å². The van der Waals surface area contributed by atoms with Gasteiger partial charge in [-0.1, -0.05) is 49.4 Å². The number of aromatic hydroxyl groups is 1. The van der Waals surface area contributed by atoms with Gasteiger partial charge in [-0.3, -0.25) is 28.8 Å². The van der Waals surface area contributed by atoms with E-state index in [0.29, 0.717) is 77.5 Å². The van der Waals surface area contributed by atoms with Crippen molar-refractivity contribution in [2.24, 2.45) is 17.4 Å². The molecule has 24 nitrogen and oxygen atoms in total. The van der Waals surface area contributed by atoms with Crippen LogP contribution in [0.4, 0.5) is 4.79 Å². The fourth-order valence-corrected chi connectivity index (χ4v) is 16.6. The number of rotatable bonds is 12. The van der Waals surface area contributed by atoms with Gasteiger partial charge in [-0.2, -0.15) is 0 Å². The Morgan fingerprint density at radius 1 is 0.714 bits per heavy atom. The average Bonchev–Trinajstić information content (AvgIpc) is 1.67. The Hall–Kier alpha value is -8.62. The number of thiazole rings is 6. The molecule has 6 amide bonds. The molecule has 468 valence electrons. The molecule has 3 aliphatic rings. The van der Waals surface area contributed by atoms with Crippen LogP contribution in [0.15, 0.2) is 93.6 Å². The number of pyridine rings is 1. The number of likely N-dealkylation sites (tertiary alicyclic amines) is 1. The van der Waals surface area contributed by atoms with Crippen LogP contribution in [0.25, 0.3) is 43.4 Å². The van der Waals surface area contributed by atoms with Crippen molar-refractivity contribution in [1.29, 1.82) is 0 Å². The van der Waals surface area contributed by atoms with Gasteiger partial charge in [0, 0.05) is 75.1 Å². The summed E-state index contributed by atoms with van der Waals surface area (Å²) < 4.78 is 6.16. The number of carbonyl (C=O) groups excluding carboxylic acids is 7. The lowest BCUT2D eigenvalue weighted by atomic mass is 9.90. The average molecular weight is 1340 g/mol. The van der Waals surface area contributed by atoms with E-state index in [4.69, 9.17) is 46.1 Å². The van der Waals surface area contributed by atoms with E-state index >= 15 is 4.79 Å². The van der Waals surface area contributed by atoms with Crippen LogP contribution in [0.2, 0.25) is 0 Å². The number of nitrogens with zero attached hydrogens (tertiary/aromatic N) is 9. The molecule has 30 heteroatoms. The molecule has 2 aromatic carbocycles. The molecule has 10 heterocycles. The zero-order chi connectivity index (χ0) is 63.6. The molecule has 0 radical (unpaired) electrons. The van der Waals surface area contributed by atoms with E-state index in [1.165, 1.54) is 56.9 Å². The predicted octanol–water partition coefficient (Wildman–Crippen LogP) is 8.10. The minimum atomic E-state index is -1.32. The number of alkyl carbamates (subject to hydrolysis) is 1. The van der Waals surface area contributed by atoms with Gasteiger partial charge in [-0.15, -0.1) is 68.0 Å². The van der Waals surface area contributed by atoms with Crippen molar-refractivity contribution in [2.45, 2.75) is 82.2 Å². The van der Waals surface area contributed by atoms with Gasteiger partial charge in [-0.05, 0) is 68.2 Å². The largest absolute Gasteiger partial charge is 0.508 e. The van der Waals surface area contributed by atoms with Crippen LogP contribution >= 0.6 is 68.0 Å². The highest BCUT2D eigenvalue weighted by molar-refractivity contribution is 7.15. The zero-order valence-corrected chi connectivity index (χ0v) is 53.5. The first-order valence-corrected chi connectivity index (χ1v) is 34.1. The molecule has 0 spiro atoms. The topological polar surface area (TPSA) is 354 Å². The van der Waals surface area contributed by atoms with Gasteiger partial charge in [0.05, 0.1) is 41.9 Å². The Balaban J connectivity index is 0.957. The molecular formula is C61H58N14O10S6. The summed E-state index contributed by atoms with van der Waals surface area (Å²) in [6, 6.07) is 15.2. The Bertz CT molecular complexity index is 4210. The number of primary amides is 2. The normalized spacial score (nSPS) is 20.1. The number of ketones is 1. The van der Waals surface area contributed by atoms with Gasteiger partial charge in [0.2, 0.25) is 11.8 Å². The molecule has 9 N–H and O–H groups in total. The highest BCUT2D eigenvalue weighted by atomic mass is 32.1. The molecule has 12 rings (SSSR count). The van der Waals surface area contributed by atoms with Crippen LogP contribution in [-0.4, -0.2) is 141 Å². The van der Waals surface area contributed by atoms with Crippen molar-refractivity contribution in [3.05, 3.63) is 147 Å². The van der Waals surface area contributed by atoms with Gasteiger partial charge in [0.25, 0.3) is 17.7 Å². The van der Waals surface area contributed by atoms with Crippen LogP contribution in [0.3, 0.4) is 0 Å². The maximum atomic E-state index is 15.7. The summed E-state index contributed by atoms with van der Waals surface area (Å²) in [5.41, 5.74) is 14.4. The van der Waals surface area contributed by atoms with E-state index in [2.05, 4.69) is 25.8 Å². The molecule has 0 unspecified atom stereocenters. The lowest BCUT2D eigenvalue weighted by molar-refractivity contribution is -0.134. The summed E-state index contributed by atoms with van der Waals surface area (Å²) in [4.78, 5) is 136. The van der Waals surface area contributed by atoms with Gasteiger partial charge in [0.15, 0.2) is 5.78 Å². The maximum Gasteiger partial charge on any atom is 0.407 e. The number of aryl methyl sites for hydroxylation is 1. The van der Waals surface area contributed by atoms with Crippen LogP contribution in [0, 0.1) is 12.8 Å². The van der Waals surface area contributed by atoms with Crippen molar-refractivity contribution >= 4 is 109 Å². The van der Waals surface area contributed by atoms with Crippen molar-refractivity contribution in [3.8, 4) is 49.1 Å². The Labute approximate surface area is 543 Å². The Kier molecular flexibility index (Phi) is 18.6. The fraction of sp³-hybridized carbons (Fsp3) is 0.311. The van der Waals surface area contributed by atoms with Crippen molar-refractivity contribution < 1.29 is 48.5 Å². The summed E-state index contributed by atoms with van der Waals surface area (Å²) in [5, 5.41) is 41.5. The van der Waals surface area contributed by atoms with E-state index in [1.807, 2.05) is 12.3 Å². The molecule has 9 aromatic rings. The summed E-state index contributed by atoms with van der Waals surface area (Å²) in [6.07, 6.45) is -1.40. The lowest BCUT2D eigenvalue weighted by Crippen LogP contribution is -2.50. The summed E-state index contributed by atoms with van der Waals surface area (Å²) >= 11 is 6.99. The van der Waals surface area contributed by atoms with E-state index in [0.717, 1.165) is 59.9 Å². The fourth-order valence-electron chi connectivity index (χ4n) is 11.2. The maximum absolute atomic E-state index is 15.7. The molecule has 10 bridgehead atoms. The van der Waals surface area contributed by atoms with Gasteiger partial charge in [-0.25, -0.2) is 39.7 Å². The molecule has 7 aromatic heterocycles. The number of nitrogens with two attached hydrogens (primary N) is 2. The highest BCUT2D eigenvalue weighted by Gasteiger charge is 2.48. The third kappa shape index (κ3) is 13.9. The first-order chi connectivity index (χ1) is 43.9. The second-order valence-corrected chi connectivity index (χ2v) is 27.7. The summed E-state index contributed by atoms with van der Waals surface area (Å²) in [6.45, 7) is 6.37. The number of phenols is 1. The Morgan fingerprint density at radius 3 is 2.12 bits per heavy atom. The monoisotopic (exact) mass is 1340 g/mol. The van der Waals surface area contributed by atoms with Gasteiger partial charge < -0.3 is 52.2 Å². The van der Waals surface area contributed by atoms with Gasteiger partial charge >= 0.3 is 6.09 Å². The highest BCUT2D eigenvalue weighted by Crippen LogP contribution is 2.44. The number of hydrogen-bond acceptors (Lipinski definition) is 24. The quantitative estimate of drug-likeness (QED) is 0.0607. The van der Waals surface area contributed by atoms with E-state index in [-0.39, 0.29) is 64.3 Å². The van der Waals surface area contributed by atoms with Crippen LogP contribution in [0.1, 0.15) is 130 Å². The van der Waals surface area contributed by atoms with Crippen molar-refractivity contribution in [1.82, 2.24) is 60.6 Å². The number of phenolic OH excluding ortho intramolecular Hbond substituents is 1. The predicted molar refractivity (Wildman–Crippen MR) is 344 cm³/mol. The third-order valence-electron chi connectivity index (χ3n) is 15.9. The van der Waals surface area contributed by atoms with E-state index in [9.17, 15) is 39.0 Å². The number of amides is 6. The number of ether oxygens (including phenoxy) is 1. The minimum Gasteiger partial charge on any atom is -0.508 e. The molecule has 91 heavy (non-hydrogen) atoms. The number of aromatic nitrogens is 7. The second kappa shape index (κ2) is 27.1. The third-order valence-corrected chi connectivity index (χ3v) is 21.5. The molecule has 0 aliphatic carbocycles. The number of fused-ring (bicyclic) bond motifs is 16. The Morgan fingerprint density at radius 2 is 1.37 bits per heavy atom. The first-order valence-electron chi connectivity index (χ1n) is 28.9. The lowest BCUT2D eigenvalue weighted by Gasteiger charge is -2.29. The molecule has 0 saturated carbocycles. The summed E-state index contributed by atoms with van der Waals surface area (Å²) in [7, 11) is 0. The zero-order valence-electron chi connectivity index (χ0n) is 48.6. The minimum absolute atomic E-state index is 0.00890. The number of Topliss-reactive ketones (excluding diaryl/α,β-unsaturated/α-hetero) is 1. The SMILES string of the molecule is Cc1sc2nc1C(=O)C[C@@H]([C@H](O)c1ccccc1)c1nc(cs1)C(=O)N[C@@H](Cc1ccc(O)cc1)C(=O)N1C[C@H](OC(=O)NCCN3CCCC3)[C@H](C)[C@H]1c1nc(cs1)-c1nc(cs1)-c1nc(-c3nc(C(N)=O)cs3)ccc1-c1nc(cs1)C(=O)N[C@H]2CC(N)=O. The number of nitrogens with one attached hydrogen (secondary N) is 3. The number of aliphatic hydroxyl groups is 1. The molecule has 3 aliphatic heterocycles. The molecule has 7 atom stereocenters. The smallest absolute Gasteiger partial charge is 0.407 e. The van der Waals surface area contributed by atoms with Gasteiger partial charge in [0.1, 0.15) is 82.8 Å². The molecular weight excluding hydrogens is 1280 g/mol. The van der Waals surface area contributed by atoms with E-state index in [1.54, 1.807) is 77.2 Å². The standard InChI is InChI=1S/C61H58N14O10S6/c1-29-45(85-61(84)64-16-19-74-17-6-7-18-74)23-75-49(29)59-72-43(28-90-59)57-68-39(24-88-57)48-34(14-15-36(65-48)56-69-40(25-89-56)51(63)80)54-70-41(26-86-54)52(81)66-37(22-46(62)78)58-73-47(30(2)91-58)44(77)21-35(50(79)32-8-4-3-5-9-32)55-71-42(27-87-55)53(82)67-38(60(75)83)20-31-10-12-33(76)13-11-31/h3-5,8-15,24-29,35,37-38,45,49-50,76,79H,6-7,16-23H2,1-2H3,(H2,62,78)(H2,63,80)(H,64,84)(H,66,81)(H,67,82)/t29-,35-,37-,38-,45-,49-,50+/m0/s1. The van der Waals surface area contributed by atoms with Crippen LogP contribution in [0.5, 0.6) is 5.75 Å².